The first-order valence-corrected chi connectivity index (χ1v) is 5.62. The van der Waals surface area contributed by atoms with E-state index in [-0.39, 0.29) is 12.5 Å². The first-order valence-electron chi connectivity index (χ1n) is 5.24. The van der Waals surface area contributed by atoms with Crippen LogP contribution in [0.1, 0.15) is 29.8 Å². The molecule has 2 N–H and O–H groups in total. The summed E-state index contributed by atoms with van der Waals surface area (Å²) < 4.78 is 0. The summed E-state index contributed by atoms with van der Waals surface area (Å²) in [5.41, 5.74) is 0.367. The van der Waals surface area contributed by atoms with E-state index in [1.165, 1.54) is 6.20 Å². The van der Waals surface area contributed by atoms with E-state index in [0.717, 1.165) is 19.3 Å². The Labute approximate surface area is 99.6 Å². The van der Waals surface area contributed by atoms with Crippen LogP contribution in [0, 0.1) is 0 Å². The molecular weight excluding hydrogens is 228 g/mol. The molecule has 5 heteroatoms. The van der Waals surface area contributed by atoms with E-state index in [4.69, 9.17) is 16.7 Å². The van der Waals surface area contributed by atoms with Crippen LogP contribution < -0.4 is 5.32 Å². The van der Waals surface area contributed by atoms with E-state index in [9.17, 15) is 4.79 Å². The lowest BCUT2D eigenvalue weighted by Crippen LogP contribution is -2.25. The molecule has 0 spiro atoms. The highest BCUT2D eigenvalue weighted by molar-refractivity contribution is 6.30. The molecule has 0 unspecified atom stereocenters. The fourth-order valence-corrected chi connectivity index (χ4v) is 1.33. The number of amides is 1. The van der Waals surface area contributed by atoms with E-state index in [1.54, 1.807) is 12.1 Å². The lowest BCUT2D eigenvalue weighted by Gasteiger charge is -2.03. The zero-order chi connectivity index (χ0) is 11.8. The quantitative estimate of drug-likeness (QED) is 0.746. The van der Waals surface area contributed by atoms with Crippen molar-refractivity contribution in [1.82, 2.24) is 10.3 Å². The summed E-state index contributed by atoms with van der Waals surface area (Å²) in [6, 6.07) is 3.22. The van der Waals surface area contributed by atoms with E-state index in [2.05, 4.69) is 10.3 Å². The first-order chi connectivity index (χ1) is 7.74. The van der Waals surface area contributed by atoms with Crippen LogP contribution in [0.15, 0.2) is 18.3 Å². The third kappa shape index (κ3) is 4.59. The Kier molecular flexibility index (Phi) is 5.82. The van der Waals surface area contributed by atoms with E-state index in [1.807, 2.05) is 0 Å². The number of nitrogens with one attached hydrogen (secondary N) is 1. The summed E-state index contributed by atoms with van der Waals surface area (Å²) in [6.45, 7) is 0.801. The van der Waals surface area contributed by atoms with Crippen LogP contribution in [0.25, 0.3) is 0 Å². The largest absolute Gasteiger partial charge is 0.396 e. The van der Waals surface area contributed by atoms with Gasteiger partial charge in [-0.1, -0.05) is 11.6 Å². The van der Waals surface area contributed by atoms with Gasteiger partial charge in [-0.25, -0.2) is 4.98 Å². The second-order valence-electron chi connectivity index (χ2n) is 3.40. The van der Waals surface area contributed by atoms with Gasteiger partial charge in [0.25, 0.3) is 5.91 Å². The molecule has 1 aromatic heterocycles. The maximum Gasteiger partial charge on any atom is 0.269 e. The van der Waals surface area contributed by atoms with E-state index < -0.39 is 0 Å². The van der Waals surface area contributed by atoms with Gasteiger partial charge < -0.3 is 10.4 Å². The van der Waals surface area contributed by atoms with Gasteiger partial charge in [-0.15, -0.1) is 0 Å². The summed E-state index contributed by atoms with van der Waals surface area (Å²) in [4.78, 5) is 15.4. The maximum atomic E-state index is 11.5. The third-order valence-electron chi connectivity index (χ3n) is 2.08. The molecule has 16 heavy (non-hydrogen) atoms. The average Bonchev–Trinajstić information content (AvgIpc) is 2.29. The number of rotatable bonds is 6. The van der Waals surface area contributed by atoms with Crippen molar-refractivity contribution < 1.29 is 9.90 Å². The molecule has 0 fully saturated rings. The number of carbonyl (C=O) groups excluding carboxylic acids is 1. The highest BCUT2D eigenvalue weighted by Crippen LogP contribution is 2.05. The Morgan fingerprint density at radius 1 is 1.38 bits per heavy atom. The number of hydrogen-bond donors (Lipinski definition) is 2. The number of unbranched alkanes of at least 4 members (excludes halogenated alkanes) is 2. The predicted octanol–water partition coefficient (Wildman–Crippen LogP) is 1.63. The summed E-state index contributed by atoms with van der Waals surface area (Å²) in [6.07, 6.45) is 3.99. The molecule has 0 radical (unpaired) electrons. The third-order valence-corrected chi connectivity index (χ3v) is 2.30. The van der Waals surface area contributed by atoms with Gasteiger partial charge in [-0.05, 0) is 31.4 Å². The van der Waals surface area contributed by atoms with Crippen LogP contribution >= 0.6 is 11.6 Å². The van der Waals surface area contributed by atoms with Gasteiger partial charge in [0.05, 0.1) is 5.02 Å². The van der Waals surface area contributed by atoms with Crippen molar-refractivity contribution >= 4 is 17.5 Å². The van der Waals surface area contributed by atoms with Crippen molar-refractivity contribution in [2.75, 3.05) is 13.2 Å². The lowest BCUT2D eigenvalue weighted by molar-refractivity contribution is 0.0948. The van der Waals surface area contributed by atoms with E-state index >= 15 is 0 Å². The summed E-state index contributed by atoms with van der Waals surface area (Å²) in [5, 5.41) is 11.8. The average molecular weight is 243 g/mol. The second kappa shape index (κ2) is 7.19. The Hall–Kier alpha value is -1.13. The van der Waals surface area contributed by atoms with Crippen LogP contribution in [0.5, 0.6) is 0 Å². The molecular formula is C11H15ClN2O2. The van der Waals surface area contributed by atoms with Gasteiger partial charge in [-0.2, -0.15) is 0 Å². The van der Waals surface area contributed by atoms with Gasteiger partial charge in [0.1, 0.15) is 5.69 Å². The van der Waals surface area contributed by atoms with Gasteiger partial charge in [0.15, 0.2) is 0 Å². The maximum absolute atomic E-state index is 11.5. The van der Waals surface area contributed by atoms with Crippen molar-refractivity contribution in [3.05, 3.63) is 29.0 Å². The summed E-state index contributed by atoms with van der Waals surface area (Å²) >= 11 is 5.66. The topological polar surface area (TPSA) is 62.2 Å². The number of carbonyl (C=O) groups is 1. The molecule has 0 bridgehead atoms. The Morgan fingerprint density at radius 2 is 2.19 bits per heavy atom. The molecule has 4 nitrogen and oxygen atoms in total. The van der Waals surface area contributed by atoms with E-state index in [0.29, 0.717) is 17.3 Å². The minimum Gasteiger partial charge on any atom is -0.396 e. The summed E-state index contributed by atoms with van der Waals surface area (Å²) in [7, 11) is 0. The standard InChI is InChI=1S/C11H15ClN2O2/c12-9-4-5-10(14-8-9)11(16)13-6-2-1-3-7-15/h4-5,8,15H,1-3,6-7H2,(H,13,16). The SMILES string of the molecule is O=C(NCCCCCO)c1ccc(Cl)cn1. The molecule has 1 aromatic rings. The highest BCUT2D eigenvalue weighted by Gasteiger charge is 2.05. The number of aliphatic hydroxyl groups excluding tert-OH is 1. The number of nitrogens with zero attached hydrogens (tertiary/aromatic N) is 1. The Balaban J connectivity index is 2.27. The van der Waals surface area contributed by atoms with Crippen LogP contribution in [0.3, 0.4) is 0 Å². The molecule has 0 saturated heterocycles. The van der Waals surface area contributed by atoms with Crippen LogP contribution in [-0.2, 0) is 0 Å². The molecule has 0 aromatic carbocycles. The number of hydrogen-bond acceptors (Lipinski definition) is 3. The monoisotopic (exact) mass is 242 g/mol. The summed E-state index contributed by atoms with van der Waals surface area (Å²) in [5.74, 6) is -0.194. The van der Waals surface area contributed by atoms with Crippen LogP contribution in [-0.4, -0.2) is 29.1 Å². The minimum atomic E-state index is -0.194. The second-order valence-corrected chi connectivity index (χ2v) is 3.84. The lowest BCUT2D eigenvalue weighted by atomic mass is 10.2. The van der Waals surface area contributed by atoms with Gasteiger partial charge in [-0.3, -0.25) is 4.79 Å². The van der Waals surface area contributed by atoms with Crippen LogP contribution in [0.4, 0.5) is 0 Å². The predicted molar refractivity (Wildman–Crippen MR) is 62.5 cm³/mol. The smallest absolute Gasteiger partial charge is 0.269 e. The molecule has 1 rings (SSSR count). The molecule has 0 aliphatic carbocycles. The number of halogens is 1. The minimum absolute atomic E-state index is 0.194. The molecule has 88 valence electrons. The Morgan fingerprint density at radius 3 is 2.81 bits per heavy atom. The zero-order valence-electron chi connectivity index (χ0n) is 8.95. The molecule has 0 atom stereocenters. The highest BCUT2D eigenvalue weighted by atomic mass is 35.5. The number of aromatic nitrogens is 1. The van der Waals surface area contributed by atoms with Gasteiger partial charge in [0.2, 0.25) is 0 Å². The molecule has 1 heterocycles. The molecule has 0 saturated carbocycles. The number of pyridine rings is 1. The first kappa shape index (κ1) is 12.9. The fourth-order valence-electron chi connectivity index (χ4n) is 1.22. The van der Waals surface area contributed by atoms with Crippen molar-refractivity contribution in [2.45, 2.75) is 19.3 Å². The van der Waals surface area contributed by atoms with Crippen molar-refractivity contribution in [1.29, 1.82) is 0 Å². The number of aliphatic hydroxyl groups is 1. The van der Waals surface area contributed by atoms with Crippen molar-refractivity contribution in [3.8, 4) is 0 Å². The fraction of sp³-hybridized carbons (Fsp3) is 0.455. The van der Waals surface area contributed by atoms with Gasteiger partial charge >= 0.3 is 0 Å². The van der Waals surface area contributed by atoms with Crippen LogP contribution in [0.2, 0.25) is 5.02 Å². The van der Waals surface area contributed by atoms with Gasteiger partial charge in [0, 0.05) is 19.3 Å². The molecule has 1 amide bonds. The normalized spacial score (nSPS) is 10.1. The van der Waals surface area contributed by atoms with Crippen molar-refractivity contribution in [3.63, 3.8) is 0 Å². The molecule has 0 aliphatic rings. The zero-order valence-corrected chi connectivity index (χ0v) is 9.70. The van der Waals surface area contributed by atoms with Crippen molar-refractivity contribution in [2.24, 2.45) is 0 Å². The Bertz CT molecular complexity index is 327. The molecule has 0 aliphatic heterocycles.